The van der Waals surface area contributed by atoms with Gasteiger partial charge in [-0.05, 0) is 49.7 Å². The Kier molecular flexibility index (Phi) is 7.11. The summed E-state index contributed by atoms with van der Waals surface area (Å²) in [6.07, 6.45) is 9.42. The molecule has 38 heavy (non-hydrogen) atoms. The molecule has 0 spiro atoms. The average molecular weight is 512 g/mol. The largest absolute Gasteiger partial charge is 0.378 e. The molecule has 9 heteroatoms. The number of anilines is 1. The fourth-order valence-corrected chi connectivity index (χ4v) is 5.34. The molecular weight excluding hydrogens is 478 g/mol. The number of morpholine rings is 1. The minimum absolute atomic E-state index is 0.0199. The smallest absolute Gasteiger partial charge is 0.170 e. The van der Waals surface area contributed by atoms with E-state index in [9.17, 15) is 4.79 Å². The van der Waals surface area contributed by atoms with E-state index in [0.717, 1.165) is 60.6 Å². The van der Waals surface area contributed by atoms with Crippen LogP contribution in [0.25, 0.3) is 22.0 Å². The van der Waals surface area contributed by atoms with Crippen molar-refractivity contribution in [3.63, 3.8) is 0 Å². The van der Waals surface area contributed by atoms with Crippen molar-refractivity contribution in [3.8, 4) is 11.1 Å². The van der Waals surface area contributed by atoms with Crippen LogP contribution in [0.5, 0.6) is 0 Å². The molecule has 5 heterocycles. The topological polar surface area (TPSA) is 89.3 Å². The number of Topliss-reactive ketones (excluding diaryl/α,β-unsaturated/α-hetero) is 1. The molecule has 6 rings (SSSR count). The molecule has 4 aromatic rings. The van der Waals surface area contributed by atoms with Crippen LogP contribution in [0.2, 0.25) is 0 Å². The Hall–Kier alpha value is -3.69. The highest BCUT2D eigenvalue weighted by atomic mass is 16.5. The summed E-state index contributed by atoms with van der Waals surface area (Å²) in [5, 5.41) is 5.52. The second-order valence-corrected chi connectivity index (χ2v) is 10.1. The minimum atomic E-state index is -0.0199. The van der Waals surface area contributed by atoms with Crippen molar-refractivity contribution in [1.29, 1.82) is 0 Å². The van der Waals surface area contributed by atoms with Crippen molar-refractivity contribution in [2.24, 2.45) is 7.05 Å². The monoisotopic (exact) mass is 511 g/mol. The normalized spacial score (nSPS) is 16.7. The van der Waals surface area contributed by atoms with Crippen molar-refractivity contribution in [1.82, 2.24) is 29.6 Å². The van der Waals surface area contributed by atoms with Crippen molar-refractivity contribution in [3.05, 3.63) is 66.0 Å². The Morgan fingerprint density at radius 1 is 0.974 bits per heavy atom. The number of ether oxygens (including phenoxy) is 1. The molecule has 3 aromatic heterocycles. The Morgan fingerprint density at radius 3 is 2.66 bits per heavy atom. The van der Waals surface area contributed by atoms with Crippen LogP contribution in [-0.4, -0.2) is 74.8 Å². The quantitative estimate of drug-likeness (QED) is 0.347. The molecule has 9 nitrogen and oxygen atoms in total. The predicted octanol–water partition coefficient (Wildman–Crippen LogP) is 3.67. The van der Waals surface area contributed by atoms with Crippen molar-refractivity contribution >= 4 is 22.5 Å². The summed E-state index contributed by atoms with van der Waals surface area (Å²) in [4.78, 5) is 31.5. The summed E-state index contributed by atoms with van der Waals surface area (Å²) in [5.41, 5.74) is 4.87. The molecule has 2 aliphatic rings. The summed E-state index contributed by atoms with van der Waals surface area (Å²) in [5.74, 6) is 1.30. The van der Waals surface area contributed by atoms with Crippen LogP contribution in [0.3, 0.4) is 0 Å². The van der Waals surface area contributed by atoms with E-state index in [1.165, 1.54) is 25.0 Å². The van der Waals surface area contributed by atoms with Crippen LogP contribution in [0.15, 0.2) is 48.9 Å². The molecular formula is C29H33N7O2. The van der Waals surface area contributed by atoms with E-state index in [2.05, 4.69) is 37.0 Å². The van der Waals surface area contributed by atoms with Crippen LogP contribution >= 0.6 is 0 Å². The number of nitrogens with zero attached hydrogens (tertiary/aromatic N) is 7. The SMILES string of the molecule is Cn1ncc(-c2ccc3cnc(CC(=O)c4ccnc(N5CCOCC5)c4)nc3c2)c1CN1CCCCC1. The number of rotatable bonds is 7. The first-order valence-corrected chi connectivity index (χ1v) is 13.5. The van der Waals surface area contributed by atoms with Gasteiger partial charge in [-0.2, -0.15) is 5.10 Å². The van der Waals surface area contributed by atoms with Crippen molar-refractivity contribution < 1.29 is 9.53 Å². The molecule has 0 aliphatic carbocycles. The van der Waals surface area contributed by atoms with Gasteiger partial charge in [0.1, 0.15) is 11.6 Å². The summed E-state index contributed by atoms with van der Waals surface area (Å²) in [6, 6.07) is 9.87. The lowest BCUT2D eigenvalue weighted by Crippen LogP contribution is -2.36. The number of aromatic nitrogens is 5. The fourth-order valence-electron chi connectivity index (χ4n) is 5.34. The van der Waals surface area contributed by atoms with Gasteiger partial charge in [0, 0.05) is 55.6 Å². The number of carbonyl (C=O) groups excluding carboxylic acids is 1. The maximum absolute atomic E-state index is 13.1. The second kappa shape index (κ2) is 11.0. The zero-order chi connectivity index (χ0) is 25.9. The van der Waals surface area contributed by atoms with Crippen LogP contribution in [0.1, 0.15) is 41.1 Å². The molecule has 2 saturated heterocycles. The molecule has 0 N–H and O–H groups in total. The van der Waals surface area contributed by atoms with Crippen molar-refractivity contribution in [2.75, 3.05) is 44.3 Å². The molecule has 196 valence electrons. The van der Waals surface area contributed by atoms with Gasteiger partial charge in [-0.25, -0.2) is 15.0 Å². The number of carbonyl (C=O) groups is 1. The number of ketones is 1. The van der Waals surface area contributed by atoms with Gasteiger partial charge in [-0.15, -0.1) is 0 Å². The minimum Gasteiger partial charge on any atom is -0.378 e. The first-order valence-electron chi connectivity index (χ1n) is 13.5. The fraction of sp³-hybridized carbons (Fsp3) is 0.414. The van der Waals surface area contributed by atoms with E-state index in [4.69, 9.17) is 9.72 Å². The Balaban J connectivity index is 1.22. The van der Waals surface area contributed by atoms with Gasteiger partial charge in [0.15, 0.2) is 5.78 Å². The third kappa shape index (κ3) is 5.30. The number of hydrogen-bond donors (Lipinski definition) is 0. The van der Waals surface area contributed by atoms with Gasteiger partial charge in [0.05, 0.1) is 37.0 Å². The summed E-state index contributed by atoms with van der Waals surface area (Å²) < 4.78 is 7.42. The van der Waals surface area contributed by atoms with Crippen LogP contribution < -0.4 is 4.90 Å². The molecule has 2 aliphatic heterocycles. The first-order chi connectivity index (χ1) is 18.6. The lowest BCUT2D eigenvalue weighted by atomic mass is 10.0. The third-order valence-corrected chi connectivity index (χ3v) is 7.55. The maximum atomic E-state index is 13.1. The summed E-state index contributed by atoms with van der Waals surface area (Å²) in [7, 11) is 2.01. The van der Waals surface area contributed by atoms with Gasteiger partial charge in [0.2, 0.25) is 0 Å². The highest BCUT2D eigenvalue weighted by Crippen LogP contribution is 2.28. The lowest BCUT2D eigenvalue weighted by Gasteiger charge is -2.27. The van der Waals surface area contributed by atoms with Gasteiger partial charge >= 0.3 is 0 Å². The molecule has 1 aromatic carbocycles. The summed E-state index contributed by atoms with van der Waals surface area (Å²) in [6.45, 7) is 6.06. The average Bonchev–Trinajstić information content (AvgIpc) is 3.33. The highest BCUT2D eigenvalue weighted by molar-refractivity contribution is 5.98. The maximum Gasteiger partial charge on any atom is 0.170 e. The number of pyridine rings is 1. The number of piperidine rings is 1. The van der Waals surface area contributed by atoms with Crippen LogP contribution in [-0.2, 0) is 24.8 Å². The number of benzene rings is 1. The van der Waals surface area contributed by atoms with E-state index in [1.54, 1.807) is 18.5 Å². The standard InChI is InChI=1S/C29H33N7O2/c1-34-26(20-35-9-3-2-4-10-35)24(19-32-34)21-5-6-23-18-31-28(33-25(23)15-21)17-27(37)22-7-8-30-29(16-22)36-11-13-38-14-12-36/h5-8,15-16,18-19H,2-4,9-14,17,20H2,1H3. The lowest BCUT2D eigenvalue weighted by molar-refractivity contribution is 0.0990. The Bertz CT molecular complexity index is 1440. The number of aryl methyl sites for hydroxylation is 1. The first kappa shape index (κ1) is 24.6. The van der Waals surface area contributed by atoms with E-state index in [1.807, 2.05) is 30.1 Å². The van der Waals surface area contributed by atoms with Crippen LogP contribution in [0, 0.1) is 0 Å². The zero-order valence-electron chi connectivity index (χ0n) is 21.8. The molecule has 0 atom stereocenters. The molecule has 2 fully saturated rings. The Morgan fingerprint density at radius 2 is 1.82 bits per heavy atom. The van der Waals surface area contributed by atoms with Gasteiger partial charge in [-0.3, -0.25) is 14.4 Å². The van der Waals surface area contributed by atoms with E-state index in [0.29, 0.717) is 24.6 Å². The van der Waals surface area contributed by atoms with E-state index >= 15 is 0 Å². The van der Waals surface area contributed by atoms with Crippen molar-refractivity contribution in [2.45, 2.75) is 32.2 Å². The van der Waals surface area contributed by atoms with Crippen LogP contribution in [0.4, 0.5) is 5.82 Å². The molecule has 0 amide bonds. The molecule has 0 unspecified atom stereocenters. The molecule has 0 saturated carbocycles. The molecule has 0 bridgehead atoms. The number of likely N-dealkylation sites (tertiary alicyclic amines) is 1. The van der Waals surface area contributed by atoms with Gasteiger partial charge in [-0.1, -0.05) is 18.6 Å². The number of fused-ring (bicyclic) bond motifs is 1. The second-order valence-electron chi connectivity index (χ2n) is 10.1. The number of hydrogen-bond acceptors (Lipinski definition) is 8. The predicted molar refractivity (Wildman–Crippen MR) is 146 cm³/mol. The van der Waals surface area contributed by atoms with Gasteiger partial charge < -0.3 is 9.64 Å². The van der Waals surface area contributed by atoms with Gasteiger partial charge in [0.25, 0.3) is 0 Å². The zero-order valence-corrected chi connectivity index (χ0v) is 21.8. The highest BCUT2D eigenvalue weighted by Gasteiger charge is 2.18. The summed E-state index contributed by atoms with van der Waals surface area (Å²) >= 11 is 0. The van der Waals surface area contributed by atoms with E-state index in [-0.39, 0.29) is 12.2 Å². The Labute approximate surface area is 222 Å². The van der Waals surface area contributed by atoms with E-state index < -0.39 is 0 Å². The third-order valence-electron chi connectivity index (χ3n) is 7.55. The molecule has 0 radical (unpaired) electrons.